The summed E-state index contributed by atoms with van der Waals surface area (Å²) in [7, 11) is 0. The van der Waals surface area contributed by atoms with Gasteiger partial charge in [-0.25, -0.2) is 4.39 Å². The lowest BCUT2D eigenvalue weighted by Gasteiger charge is -2.09. The zero-order valence-electron chi connectivity index (χ0n) is 11.2. The van der Waals surface area contributed by atoms with Gasteiger partial charge >= 0.3 is 0 Å². The summed E-state index contributed by atoms with van der Waals surface area (Å²) in [5, 5.41) is 6.00. The molecule has 0 unspecified atom stereocenters. The van der Waals surface area contributed by atoms with E-state index in [-0.39, 0.29) is 11.7 Å². The molecule has 0 fully saturated rings. The number of fused-ring (bicyclic) bond motifs is 1. The van der Waals surface area contributed by atoms with Gasteiger partial charge < -0.3 is 10.6 Å². The second-order valence-electron chi connectivity index (χ2n) is 5.00. The molecule has 0 saturated carbocycles. The summed E-state index contributed by atoms with van der Waals surface area (Å²) >= 11 is 0. The number of carbonyl (C=O) groups is 1. The summed E-state index contributed by atoms with van der Waals surface area (Å²) in [5.74, 6) is -0.572. The van der Waals surface area contributed by atoms with Crippen LogP contribution in [-0.2, 0) is 13.1 Å². The van der Waals surface area contributed by atoms with Crippen LogP contribution in [0.5, 0.6) is 0 Å². The van der Waals surface area contributed by atoms with Gasteiger partial charge in [0.25, 0.3) is 5.91 Å². The van der Waals surface area contributed by atoms with E-state index >= 15 is 0 Å². The van der Waals surface area contributed by atoms with Crippen LogP contribution in [0.3, 0.4) is 0 Å². The molecule has 2 N–H and O–H groups in total. The summed E-state index contributed by atoms with van der Waals surface area (Å²) in [4.78, 5) is 12.2. The van der Waals surface area contributed by atoms with E-state index in [1.807, 2.05) is 19.1 Å². The average molecular weight is 270 g/mol. The molecule has 1 aliphatic heterocycles. The summed E-state index contributed by atoms with van der Waals surface area (Å²) in [6.07, 6.45) is 0. The zero-order chi connectivity index (χ0) is 14.1. The number of nitrogens with one attached hydrogen (secondary N) is 2. The topological polar surface area (TPSA) is 41.1 Å². The molecule has 20 heavy (non-hydrogen) atoms. The molecule has 3 rings (SSSR count). The molecule has 0 aromatic heterocycles. The highest BCUT2D eigenvalue weighted by Gasteiger charge is 2.14. The monoisotopic (exact) mass is 270 g/mol. The second-order valence-corrected chi connectivity index (χ2v) is 5.00. The molecule has 1 aliphatic rings. The predicted molar refractivity (Wildman–Crippen MR) is 76.1 cm³/mol. The fourth-order valence-electron chi connectivity index (χ4n) is 2.36. The largest absolute Gasteiger partial charge is 0.322 e. The quantitative estimate of drug-likeness (QED) is 0.880. The Morgan fingerprint density at radius 3 is 2.80 bits per heavy atom. The zero-order valence-corrected chi connectivity index (χ0v) is 11.2. The minimum atomic E-state index is -0.357. The standard InChI is InChI=1S/C16H15FN2O/c1-10-2-5-14(17)7-15(10)19-16(20)11-3-4-12-8-18-9-13(12)6-11/h2-7,18H,8-9H2,1H3,(H,19,20). The van der Waals surface area contributed by atoms with Gasteiger partial charge in [0.15, 0.2) is 0 Å². The molecule has 0 atom stereocenters. The van der Waals surface area contributed by atoms with Crippen molar-refractivity contribution in [1.29, 1.82) is 0 Å². The number of anilines is 1. The van der Waals surface area contributed by atoms with E-state index < -0.39 is 0 Å². The van der Waals surface area contributed by atoms with Crippen LogP contribution in [0.4, 0.5) is 10.1 Å². The van der Waals surface area contributed by atoms with E-state index in [9.17, 15) is 9.18 Å². The number of hydrogen-bond acceptors (Lipinski definition) is 2. The van der Waals surface area contributed by atoms with Crippen molar-refractivity contribution in [2.75, 3.05) is 5.32 Å². The lowest BCUT2D eigenvalue weighted by Crippen LogP contribution is -2.13. The highest BCUT2D eigenvalue weighted by molar-refractivity contribution is 6.04. The van der Waals surface area contributed by atoms with Gasteiger partial charge in [-0.05, 0) is 47.9 Å². The van der Waals surface area contributed by atoms with Crippen molar-refractivity contribution in [3.05, 3.63) is 64.5 Å². The van der Waals surface area contributed by atoms with Gasteiger partial charge in [0.2, 0.25) is 0 Å². The van der Waals surface area contributed by atoms with Crippen LogP contribution in [0.2, 0.25) is 0 Å². The summed E-state index contributed by atoms with van der Waals surface area (Å²) in [6, 6.07) is 10.0. The number of aryl methyl sites for hydroxylation is 1. The van der Waals surface area contributed by atoms with Gasteiger partial charge in [0.1, 0.15) is 5.82 Å². The predicted octanol–water partition coefficient (Wildman–Crippen LogP) is 2.99. The Hall–Kier alpha value is -2.20. The number of hydrogen-bond donors (Lipinski definition) is 2. The minimum absolute atomic E-state index is 0.214. The average Bonchev–Trinajstić information content (AvgIpc) is 2.90. The molecule has 2 aromatic rings. The molecule has 1 heterocycles. The van der Waals surface area contributed by atoms with Crippen molar-refractivity contribution < 1.29 is 9.18 Å². The van der Waals surface area contributed by atoms with Gasteiger partial charge in [-0.1, -0.05) is 12.1 Å². The van der Waals surface area contributed by atoms with Crippen LogP contribution in [0.25, 0.3) is 0 Å². The second kappa shape index (κ2) is 5.06. The van der Waals surface area contributed by atoms with Crippen LogP contribution >= 0.6 is 0 Å². The lowest BCUT2D eigenvalue weighted by atomic mass is 10.1. The highest BCUT2D eigenvalue weighted by Crippen LogP contribution is 2.20. The van der Waals surface area contributed by atoms with Gasteiger partial charge in [-0.2, -0.15) is 0 Å². The van der Waals surface area contributed by atoms with E-state index in [1.165, 1.54) is 17.7 Å². The Labute approximate surface area is 116 Å². The molecule has 1 amide bonds. The van der Waals surface area contributed by atoms with Gasteiger partial charge in [0.05, 0.1) is 0 Å². The van der Waals surface area contributed by atoms with Crippen LogP contribution < -0.4 is 10.6 Å². The van der Waals surface area contributed by atoms with E-state index in [4.69, 9.17) is 0 Å². The van der Waals surface area contributed by atoms with Crippen LogP contribution in [0.1, 0.15) is 27.0 Å². The van der Waals surface area contributed by atoms with E-state index in [1.54, 1.807) is 12.1 Å². The van der Waals surface area contributed by atoms with Crippen molar-refractivity contribution >= 4 is 11.6 Å². The Morgan fingerprint density at radius 1 is 1.15 bits per heavy atom. The SMILES string of the molecule is Cc1ccc(F)cc1NC(=O)c1ccc2c(c1)CNC2. The fraction of sp³-hybridized carbons (Fsp3) is 0.188. The number of rotatable bonds is 2. The first kappa shape index (κ1) is 12.8. The van der Waals surface area contributed by atoms with Crippen molar-refractivity contribution in [2.24, 2.45) is 0 Å². The summed E-state index contributed by atoms with van der Waals surface area (Å²) in [6.45, 7) is 3.47. The smallest absolute Gasteiger partial charge is 0.255 e. The lowest BCUT2D eigenvalue weighted by molar-refractivity contribution is 0.102. The maximum Gasteiger partial charge on any atom is 0.255 e. The fourth-order valence-corrected chi connectivity index (χ4v) is 2.36. The van der Waals surface area contributed by atoms with Gasteiger partial charge in [0, 0.05) is 24.3 Å². The van der Waals surface area contributed by atoms with Crippen molar-refractivity contribution in [2.45, 2.75) is 20.0 Å². The highest BCUT2D eigenvalue weighted by atomic mass is 19.1. The van der Waals surface area contributed by atoms with Crippen molar-refractivity contribution in [1.82, 2.24) is 5.32 Å². The number of carbonyl (C=O) groups excluding carboxylic acids is 1. The summed E-state index contributed by atoms with van der Waals surface area (Å²) < 4.78 is 13.2. The molecule has 2 aromatic carbocycles. The Bertz CT molecular complexity index is 682. The Balaban J connectivity index is 1.84. The van der Waals surface area contributed by atoms with Gasteiger partial charge in [-0.15, -0.1) is 0 Å². The van der Waals surface area contributed by atoms with E-state index in [0.29, 0.717) is 11.3 Å². The molecule has 0 radical (unpaired) electrons. The molecule has 3 nitrogen and oxygen atoms in total. The third-order valence-corrected chi connectivity index (χ3v) is 3.55. The third kappa shape index (κ3) is 2.42. The normalized spacial score (nSPS) is 13.1. The molecular formula is C16H15FN2O. The van der Waals surface area contributed by atoms with Gasteiger partial charge in [-0.3, -0.25) is 4.79 Å². The third-order valence-electron chi connectivity index (χ3n) is 3.55. The first-order valence-electron chi connectivity index (χ1n) is 6.53. The van der Waals surface area contributed by atoms with Crippen LogP contribution in [0, 0.1) is 12.7 Å². The van der Waals surface area contributed by atoms with E-state index in [2.05, 4.69) is 10.6 Å². The molecular weight excluding hydrogens is 255 g/mol. The number of benzene rings is 2. The maximum atomic E-state index is 13.2. The van der Waals surface area contributed by atoms with E-state index in [0.717, 1.165) is 24.2 Å². The molecule has 0 aliphatic carbocycles. The minimum Gasteiger partial charge on any atom is -0.322 e. The number of halogens is 1. The Kier molecular flexibility index (Phi) is 3.24. The van der Waals surface area contributed by atoms with Crippen molar-refractivity contribution in [3.8, 4) is 0 Å². The first-order chi connectivity index (χ1) is 9.63. The van der Waals surface area contributed by atoms with Crippen molar-refractivity contribution in [3.63, 3.8) is 0 Å². The first-order valence-corrected chi connectivity index (χ1v) is 6.53. The molecule has 0 bridgehead atoms. The number of amides is 1. The molecule has 102 valence electrons. The molecule has 0 saturated heterocycles. The summed E-state index contributed by atoms with van der Waals surface area (Å²) in [5.41, 5.74) is 4.31. The van der Waals surface area contributed by atoms with Crippen LogP contribution in [-0.4, -0.2) is 5.91 Å². The molecule has 4 heteroatoms. The molecule has 0 spiro atoms. The van der Waals surface area contributed by atoms with Crippen LogP contribution in [0.15, 0.2) is 36.4 Å². The maximum absolute atomic E-state index is 13.2. The Morgan fingerprint density at radius 2 is 1.95 bits per heavy atom.